The van der Waals surface area contributed by atoms with E-state index in [1.165, 1.54) is 21.3 Å². The van der Waals surface area contributed by atoms with E-state index in [0.717, 1.165) is 0 Å². The molecule has 1 aliphatic carbocycles. The molecule has 0 aromatic heterocycles. The van der Waals surface area contributed by atoms with Crippen LogP contribution in [0.1, 0.15) is 38.2 Å². The highest BCUT2D eigenvalue weighted by molar-refractivity contribution is 6.00. The number of hydrogen-bond acceptors (Lipinski definition) is 7. The summed E-state index contributed by atoms with van der Waals surface area (Å²) in [6.45, 7) is 4.01. The number of carbonyl (C=O) groups is 1. The van der Waals surface area contributed by atoms with Crippen molar-refractivity contribution in [3.05, 3.63) is 40.5 Å². The Morgan fingerprint density at radius 3 is 2.29 bits per heavy atom. The molecule has 0 saturated carbocycles. The molecule has 0 fully saturated rings. The van der Waals surface area contributed by atoms with E-state index < -0.39 is 5.92 Å². The van der Waals surface area contributed by atoms with Crippen molar-refractivity contribution >= 4 is 5.78 Å². The minimum atomic E-state index is -0.688. The zero-order chi connectivity index (χ0) is 20.6. The number of nitrogens with two attached hydrogens (primary N) is 1. The maximum atomic E-state index is 13.1. The lowest BCUT2D eigenvalue weighted by Gasteiger charge is -2.37. The summed E-state index contributed by atoms with van der Waals surface area (Å²) in [6, 6.07) is 5.50. The molecule has 1 aromatic carbocycles. The van der Waals surface area contributed by atoms with Crippen molar-refractivity contribution < 1.29 is 23.7 Å². The molecular formula is C21H24N2O5. The van der Waals surface area contributed by atoms with Crippen molar-refractivity contribution in [2.24, 2.45) is 11.1 Å². The van der Waals surface area contributed by atoms with E-state index in [4.69, 9.17) is 24.7 Å². The zero-order valence-electron chi connectivity index (χ0n) is 16.7. The van der Waals surface area contributed by atoms with Crippen LogP contribution in [0, 0.1) is 16.7 Å². The summed E-state index contributed by atoms with van der Waals surface area (Å²) in [5.41, 5.74) is 7.06. The van der Waals surface area contributed by atoms with Crippen LogP contribution in [0.5, 0.6) is 17.2 Å². The number of benzene rings is 1. The van der Waals surface area contributed by atoms with Gasteiger partial charge < -0.3 is 24.7 Å². The summed E-state index contributed by atoms with van der Waals surface area (Å²) in [7, 11) is 4.56. The molecule has 2 aliphatic rings. The van der Waals surface area contributed by atoms with Gasteiger partial charge in [-0.05, 0) is 11.5 Å². The van der Waals surface area contributed by atoms with Gasteiger partial charge in [-0.2, -0.15) is 5.26 Å². The fourth-order valence-electron chi connectivity index (χ4n) is 3.87. The first-order valence-corrected chi connectivity index (χ1v) is 8.90. The topological polar surface area (TPSA) is 104 Å². The van der Waals surface area contributed by atoms with Gasteiger partial charge in [0.05, 0.1) is 27.2 Å². The number of ether oxygens (including phenoxy) is 4. The van der Waals surface area contributed by atoms with Crippen LogP contribution in [-0.2, 0) is 9.53 Å². The summed E-state index contributed by atoms with van der Waals surface area (Å²) >= 11 is 0. The second kappa shape index (κ2) is 7.12. The molecule has 28 heavy (non-hydrogen) atoms. The Kier molecular flexibility index (Phi) is 4.99. The van der Waals surface area contributed by atoms with Gasteiger partial charge in [0.15, 0.2) is 17.3 Å². The van der Waals surface area contributed by atoms with Gasteiger partial charge in [0.2, 0.25) is 5.88 Å². The first-order chi connectivity index (χ1) is 13.3. The van der Waals surface area contributed by atoms with Crippen molar-refractivity contribution in [2.75, 3.05) is 21.3 Å². The Labute approximate surface area is 164 Å². The van der Waals surface area contributed by atoms with Crippen LogP contribution in [0.4, 0.5) is 0 Å². The second-order valence-electron chi connectivity index (χ2n) is 7.65. The van der Waals surface area contributed by atoms with Crippen LogP contribution >= 0.6 is 0 Å². The summed E-state index contributed by atoms with van der Waals surface area (Å²) in [6.07, 6.45) is 0.916. The summed E-state index contributed by atoms with van der Waals surface area (Å²) < 4.78 is 22.0. The van der Waals surface area contributed by atoms with Crippen molar-refractivity contribution in [1.82, 2.24) is 0 Å². The monoisotopic (exact) mass is 384 g/mol. The predicted octanol–water partition coefficient (Wildman–Crippen LogP) is 3.16. The standard InChI is InChI=1S/C21H24N2O5/c1-21(2)8-13(24)19-17(9-21)28-20(23)12(10-22)18(19)11-6-15(26-4)16(27-5)7-14(11)25-3/h6-7,18H,8-9,23H2,1-5H3/t18-/m1/s1. The number of allylic oxidation sites excluding steroid dienone is 3. The van der Waals surface area contributed by atoms with Crippen molar-refractivity contribution in [3.8, 4) is 23.3 Å². The van der Waals surface area contributed by atoms with E-state index in [1.54, 1.807) is 12.1 Å². The van der Waals surface area contributed by atoms with Gasteiger partial charge in [-0.1, -0.05) is 13.8 Å². The number of hydrogen-bond donors (Lipinski definition) is 1. The van der Waals surface area contributed by atoms with Crippen molar-refractivity contribution in [3.63, 3.8) is 0 Å². The fourth-order valence-corrected chi connectivity index (χ4v) is 3.87. The quantitative estimate of drug-likeness (QED) is 0.850. The van der Waals surface area contributed by atoms with Gasteiger partial charge >= 0.3 is 0 Å². The molecule has 3 rings (SSSR count). The zero-order valence-corrected chi connectivity index (χ0v) is 16.7. The first kappa shape index (κ1) is 19.6. The Morgan fingerprint density at radius 1 is 1.11 bits per heavy atom. The number of Topliss-reactive ketones (excluding diaryl/α,β-unsaturated/α-hetero) is 1. The molecule has 0 saturated heterocycles. The lowest BCUT2D eigenvalue weighted by Crippen LogP contribution is -2.33. The van der Waals surface area contributed by atoms with Crippen LogP contribution in [0.2, 0.25) is 0 Å². The maximum absolute atomic E-state index is 13.1. The molecular weight excluding hydrogens is 360 g/mol. The molecule has 1 atom stereocenters. The molecule has 148 valence electrons. The Hall–Kier alpha value is -3.14. The molecule has 1 aliphatic heterocycles. The summed E-state index contributed by atoms with van der Waals surface area (Å²) in [4.78, 5) is 13.1. The molecule has 1 heterocycles. The van der Waals surface area contributed by atoms with Gasteiger partial charge in [0.25, 0.3) is 0 Å². The molecule has 7 heteroatoms. The van der Waals surface area contributed by atoms with E-state index in [0.29, 0.717) is 47.0 Å². The van der Waals surface area contributed by atoms with Gasteiger partial charge in [-0.3, -0.25) is 4.79 Å². The van der Waals surface area contributed by atoms with Gasteiger partial charge in [0.1, 0.15) is 23.2 Å². The average molecular weight is 384 g/mol. The Bertz CT molecular complexity index is 937. The number of nitrogens with zero attached hydrogens (tertiary/aromatic N) is 1. The van der Waals surface area contributed by atoms with Gasteiger partial charge in [0, 0.05) is 30.0 Å². The summed E-state index contributed by atoms with van der Waals surface area (Å²) in [5.74, 6) is 1.19. The van der Waals surface area contributed by atoms with E-state index in [2.05, 4.69) is 6.07 Å². The molecule has 0 bridgehead atoms. The smallest absolute Gasteiger partial charge is 0.205 e. The third-order valence-corrected chi connectivity index (χ3v) is 5.12. The van der Waals surface area contributed by atoms with Crippen LogP contribution in [0.3, 0.4) is 0 Å². The van der Waals surface area contributed by atoms with Gasteiger partial charge in [-0.15, -0.1) is 0 Å². The number of ketones is 1. The number of carbonyl (C=O) groups excluding carboxylic acids is 1. The van der Waals surface area contributed by atoms with Crippen LogP contribution < -0.4 is 19.9 Å². The molecule has 0 spiro atoms. The lowest BCUT2D eigenvalue weighted by atomic mass is 9.70. The average Bonchev–Trinajstić information content (AvgIpc) is 2.64. The van der Waals surface area contributed by atoms with Crippen molar-refractivity contribution in [1.29, 1.82) is 5.26 Å². The molecule has 0 radical (unpaired) electrons. The summed E-state index contributed by atoms with van der Waals surface area (Å²) in [5, 5.41) is 9.76. The Morgan fingerprint density at radius 2 is 1.71 bits per heavy atom. The lowest BCUT2D eigenvalue weighted by molar-refractivity contribution is -0.119. The highest BCUT2D eigenvalue weighted by Gasteiger charge is 2.44. The highest BCUT2D eigenvalue weighted by Crippen LogP contribution is 2.51. The molecule has 0 unspecified atom stereocenters. The Balaban J connectivity index is 2.28. The molecule has 7 nitrogen and oxygen atoms in total. The SMILES string of the molecule is COc1cc(OC)c([C@@H]2C(C#N)=C(N)OC3=C2C(=O)CC(C)(C)C3)cc1OC. The minimum Gasteiger partial charge on any atom is -0.496 e. The van der Waals surface area contributed by atoms with E-state index in [1.807, 2.05) is 13.8 Å². The van der Waals surface area contributed by atoms with Crippen LogP contribution in [-0.4, -0.2) is 27.1 Å². The third kappa shape index (κ3) is 3.15. The van der Waals surface area contributed by atoms with E-state index >= 15 is 0 Å². The maximum Gasteiger partial charge on any atom is 0.205 e. The normalized spacial score (nSPS) is 20.9. The number of nitriles is 1. The molecule has 1 aromatic rings. The van der Waals surface area contributed by atoms with E-state index in [-0.39, 0.29) is 22.7 Å². The minimum absolute atomic E-state index is 0.00795. The predicted molar refractivity (Wildman–Crippen MR) is 102 cm³/mol. The molecule has 0 amide bonds. The fraction of sp³-hybridized carbons (Fsp3) is 0.429. The number of methoxy groups -OCH3 is 3. The largest absolute Gasteiger partial charge is 0.496 e. The van der Waals surface area contributed by atoms with Gasteiger partial charge in [-0.25, -0.2) is 0 Å². The first-order valence-electron chi connectivity index (χ1n) is 8.90. The van der Waals surface area contributed by atoms with E-state index in [9.17, 15) is 10.1 Å². The van der Waals surface area contributed by atoms with Crippen LogP contribution in [0.15, 0.2) is 34.9 Å². The number of rotatable bonds is 4. The molecule has 2 N–H and O–H groups in total. The second-order valence-corrected chi connectivity index (χ2v) is 7.65. The third-order valence-electron chi connectivity index (χ3n) is 5.12. The van der Waals surface area contributed by atoms with Crippen molar-refractivity contribution in [2.45, 2.75) is 32.6 Å². The highest BCUT2D eigenvalue weighted by atomic mass is 16.5. The van der Waals surface area contributed by atoms with Crippen LogP contribution in [0.25, 0.3) is 0 Å².